The number of aromatic hydroxyl groups is 1. The minimum atomic E-state index is -1.33. The van der Waals surface area contributed by atoms with Crippen LogP contribution < -0.4 is 31.7 Å². The number of carbonyl (C=O) groups excluding carboxylic acids is 6. The molecule has 0 saturated heterocycles. The summed E-state index contributed by atoms with van der Waals surface area (Å²) in [5, 5.41) is 21.1. The van der Waals surface area contributed by atoms with Gasteiger partial charge in [0.2, 0.25) is 11.8 Å². The molecule has 5 amide bonds. The summed E-state index contributed by atoms with van der Waals surface area (Å²) in [5.74, 6) is -3.90. The molecule has 4 aromatic carbocycles. The molecule has 4 aromatic rings. The van der Waals surface area contributed by atoms with Crippen LogP contribution in [0.2, 0.25) is 0 Å². The number of benzene rings is 4. The monoisotopic (exact) mass is 679 g/mol. The smallest absolute Gasteiger partial charge is 0.255 e. The minimum absolute atomic E-state index is 0.0436. The molecule has 7 N–H and O–H groups in total. The number of aryl methyl sites for hydroxylation is 1. The van der Waals surface area contributed by atoms with Gasteiger partial charge in [-0.25, -0.2) is 0 Å². The Bertz CT molecular complexity index is 1920. The molecule has 0 aliphatic rings. The predicted molar refractivity (Wildman–Crippen MR) is 188 cm³/mol. The molecule has 50 heavy (non-hydrogen) atoms. The molecule has 0 spiro atoms. The van der Waals surface area contributed by atoms with Crippen LogP contribution in [-0.2, 0) is 9.59 Å². The standard InChI is InChI=1S/C37H37N5O8/c1-20(2)50-33-29(18-17-28(22(4)43)32(33)45)41-35(47)24-11-15-27(16-12-24)40-37(49)30(19-31(38)44)42-36(48)25-9-13-26(14-10-25)39-34(46)23-7-5-21(3)6-8-23/h5-18,20,30,45H,19H2,1-4H3,(H2,38,44)(H,39,46)(H,40,49)(H,41,47)(H,42,48). The van der Waals surface area contributed by atoms with Crippen LogP contribution in [0.1, 0.15) is 74.2 Å². The average Bonchev–Trinajstić information content (AvgIpc) is 3.06. The first kappa shape index (κ1) is 36.3. The van der Waals surface area contributed by atoms with Crippen LogP contribution >= 0.6 is 0 Å². The highest BCUT2D eigenvalue weighted by molar-refractivity contribution is 6.08. The normalized spacial score (nSPS) is 11.2. The van der Waals surface area contributed by atoms with Gasteiger partial charge in [-0.15, -0.1) is 0 Å². The Balaban J connectivity index is 1.39. The molecule has 0 aliphatic carbocycles. The minimum Gasteiger partial charge on any atom is -0.504 e. The van der Waals surface area contributed by atoms with Gasteiger partial charge in [0, 0.05) is 28.1 Å². The molecule has 258 valence electrons. The van der Waals surface area contributed by atoms with Gasteiger partial charge in [-0.2, -0.15) is 0 Å². The summed E-state index contributed by atoms with van der Waals surface area (Å²) in [6, 6.07) is 20.3. The third-order valence-electron chi connectivity index (χ3n) is 7.27. The molecule has 4 rings (SSSR count). The first-order chi connectivity index (χ1) is 23.7. The number of amides is 5. The lowest BCUT2D eigenvalue weighted by Crippen LogP contribution is -2.46. The maximum Gasteiger partial charge on any atom is 0.255 e. The van der Waals surface area contributed by atoms with Gasteiger partial charge in [0.1, 0.15) is 6.04 Å². The number of phenols is 1. The molecule has 0 aliphatic heterocycles. The van der Waals surface area contributed by atoms with E-state index < -0.39 is 36.1 Å². The number of ether oxygens (including phenoxy) is 1. The molecule has 1 atom stereocenters. The molecule has 1 unspecified atom stereocenters. The number of nitrogens with two attached hydrogens (primary N) is 1. The first-order valence-electron chi connectivity index (χ1n) is 15.5. The topological polar surface area (TPSA) is 206 Å². The summed E-state index contributed by atoms with van der Waals surface area (Å²) < 4.78 is 5.67. The molecule has 13 heteroatoms. The number of hydrogen-bond acceptors (Lipinski definition) is 8. The van der Waals surface area contributed by atoms with Crippen molar-refractivity contribution in [3.8, 4) is 11.5 Å². The SMILES string of the molecule is CC(=O)c1ccc(NC(=O)c2ccc(NC(=O)C(CC(N)=O)NC(=O)c3ccc(NC(=O)c4ccc(C)cc4)cc3)cc2)c(OC(C)C)c1O. The molecular formula is C37H37N5O8. The lowest BCUT2D eigenvalue weighted by atomic mass is 10.1. The van der Waals surface area contributed by atoms with Crippen molar-refractivity contribution < 1.29 is 38.6 Å². The van der Waals surface area contributed by atoms with Gasteiger partial charge in [-0.05, 0) is 100 Å². The lowest BCUT2D eigenvalue weighted by molar-refractivity contribution is -0.123. The number of anilines is 3. The van der Waals surface area contributed by atoms with Gasteiger partial charge < -0.3 is 36.8 Å². The number of Topliss-reactive ketones (excluding diaryl/α,β-unsaturated/α-hetero) is 1. The van der Waals surface area contributed by atoms with Crippen molar-refractivity contribution in [1.82, 2.24) is 5.32 Å². The van der Waals surface area contributed by atoms with Crippen LogP contribution in [0.4, 0.5) is 17.1 Å². The lowest BCUT2D eigenvalue weighted by Gasteiger charge is -2.18. The Kier molecular flexibility index (Phi) is 11.7. The van der Waals surface area contributed by atoms with Crippen LogP contribution in [0.3, 0.4) is 0 Å². The zero-order valence-corrected chi connectivity index (χ0v) is 27.8. The van der Waals surface area contributed by atoms with E-state index in [1.807, 2.05) is 19.1 Å². The maximum atomic E-state index is 13.1. The molecule has 13 nitrogen and oxygen atoms in total. The van der Waals surface area contributed by atoms with Crippen molar-refractivity contribution in [2.24, 2.45) is 5.73 Å². The van der Waals surface area contributed by atoms with Gasteiger partial charge in [0.25, 0.3) is 17.7 Å². The quantitative estimate of drug-likeness (QED) is 0.108. The van der Waals surface area contributed by atoms with E-state index in [9.17, 15) is 33.9 Å². The summed E-state index contributed by atoms with van der Waals surface area (Å²) in [4.78, 5) is 75.3. The Morgan fingerprint density at radius 1 is 0.700 bits per heavy atom. The largest absolute Gasteiger partial charge is 0.504 e. The van der Waals surface area contributed by atoms with E-state index in [4.69, 9.17) is 10.5 Å². The van der Waals surface area contributed by atoms with E-state index in [1.54, 1.807) is 26.0 Å². The molecule has 0 saturated carbocycles. The number of nitrogens with one attached hydrogen (secondary N) is 4. The predicted octanol–water partition coefficient (Wildman–Crippen LogP) is 4.81. The van der Waals surface area contributed by atoms with Crippen LogP contribution in [-0.4, -0.2) is 52.6 Å². The van der Waals surface area contributed by atoms with Crippen molar-refractivity contribution in [2.45, 2.75) is 46.3 Å². The molecule has 0 aromatic heterocycles. The summed E-state index contributed by atoms with van der Waals surface area (Å²) in [6.45, 7) is 6.67. The van der Waals surface area contributed by atoms with E-state index in [0.717, 1.165) is 5.56 Å². The van der Waals surface area contributed by atoms with Gasteiger partial charge in [-0.3, -0.25) is 28.8 Å². The third kappa shape index (κ3) is 9.53. The third-order valence-corrected chi connectivity index (χ3v) is 7.27. The fraction of sp³-hybridized carbons (Fsp3) is 0.189. The van der Waals surface area contributed by atoms with E-state index in [2.05, 4.69) is 21.3 Å². The highest BCUT2D eigenvalue weighted by Gasteiger charge is 2.24. The van der Waals surface area contributed by atoms with E-state index >= 15 is 0 Å². The highest BCUT2D eigenvalue weighted by atomic mass is 16.5. The van der Waals surface area contributed by atoms with Crippen LogP contribution in [0, 0.1) is 6.92 Å². The fourth-order valence-electron chi connectivity index (χ4n) is 4.70. The average molecular weight is 680 g/mol. The maximum absolute atomic E-state index is 13.1. The zero-order chi connectivity index (χ0) is 36.5. The number of carbonyl (C=O) groups is 6. The Morgan fingerprint density at radius 3 is 1.72 bits per heavy atom. The van der Waals surface area contributed by atoms with E-state index in [0.29, 0.717) is 11.3 Å². The van der Waals surface area contributed by atoms with E-state index in [1.165, 1.54) is 67.6 Å². The summed E-state index contributed by atoms with van der Waals surface area (Å²) in [5.41, 5.74) is 8.10. The van der Waals surface area contributed by atoms with Crippen molar-refractivity contribution in [3.05, 3.63) is 113 Å². The summed E-state index contributed by atoms with van der Waals surface area (Å²) in [7, 11) is 0. The Labute approximate surface area is 288 Å². The van der Waals surface area contributed by atoms with Crippen molar-refractivity contribution in [2.75, 3.05) is 16.0 Å². The van der Waals surface area contributed by atoms with Gasteiger partial charge in [0.15, 0.2) is 17.3 Å². The highest BCUT2D eigenvalue weighted by Crippen LogP contribution is 2.39. The summed E-state index contributed by atoms with van der Waals surface area (Å²) >= 11 is 0. The Morgan fingerprint density at radius 2 is 1.20 bits per heavy atom. The van der Waals surface area contributed by atoms with Crippen molar-refractivity contribution in [1.29, 1.82) is 0 Å². The zero-order valence-electron chi connectivity index (χ0n) is 27.8. The van der Waals surface area contributed by atoms with Crippen LogP contribution in [0.15, 0.2) is 84.9 Å². The van der Waals surface area contributed by atoms with Gasteiger partial charge in [0.05, 0.1) is 23.8 Å². The van der Waals surface area contributed by atoms with Gasteiger partial charge >= 0.3 is 0 Å². The number of ketones is 1. The van der Waals surface area contributed by atoms with Crippen LogP contribution in [0.25, 0.3) is 0 Å². The van der Waals surface area contributed by atoms with Crippen molar-refractivity contribution in [3.63, 3.8) is 0 Å². The molecule has 0 fully saturated rings. The Hall–Kier alpha value is -6.50. The molecular weight excluding hydrogens is 642 g/mol. The number of rotatable bonds is 13. The fourth-order valence-corrected chi connectivity index (χ4v) is 4.70. The number of hydrogen-bond donors (Lipinski definition) is 6. The number of phenolic OH excluding ortho intramolecular Hbond substituents is 1. The molecule has 0 heterocycles. The van der Waals surface area contributed by atoms with Crippen LogP contribution in [0.5, 0.6) is 11.5 Å². The second-order valence-corrected chi connectivity index (χ2v) is 11.7. The number of primary amides is 1. The van der Waals surface area contributed by atoms with Gasteiger partial charge in [-0.1, -0.05) is 17.7 Å². The first-order valence-corrected chi connectivity index (χ1v) is 15.5. The second-order valence-electron chi connectivity index (χ2n) is 11.7. The second kappa shape index (κ2) is 16.1. The summed E-state index contributed by atoms with van der Waals surface area (Å²) in [6.07, 6.45) is -0.854. The molecule has 0 bridgehead atoms. The molecule has 0 radical (unpaired) electrons. The van der Waals surface area contributed by atoms with E-state index in [-0.39, 0.29) is 57.4 Å². The van der Waals surface area contributed by atoms with Crippen molar-refractivity contribution >= 4 is 52.4 Å².